The average Bonchev–Trinajstić information content (AvgIpc) is 2.62. The Bertz CT molecular complexity index is 1080. The van der Waals surface area contributed by atoms with Crippen molar-refractivity contribution < 1.29 is 9.13 Å². The van der Waals surface area contributed by atoms with Crippen LogP contribution in [0, 0.1) is 17.1 Å². The normalized spacial score (nSPS) is 16.3. The molecule has 0 aromatic heterocycles. The van der Waals surface area contributed by atoms with E-state index in [0.717, 1.165) is 20.8 Å². The molecule has 3 aromatic rings. The number of benzene rings is 3. The molecule has 0 saturated carbocycles. The minimum absolute atomic E-state index is 0.00993. The van der Waals surface area contributed by atoms with Crippen LogP contribution in [0.3, 0.4) is 0 Å². The Morgan fingerprint density at radius 1 is 1.08 bits per heavy atom. The SMILES string of the molecule is N#CC1=C(N)Oc2c(ccc3ccccc23)C1c1cc(Br)ccc1F. The quantitative estimate of drug-likeness (QED) is 0.634. The minimum atomic E-state index is -0.615. The van der Waals surface area contributed by atoms with Crippen molar-refractivity contribution in [3.8, 4) is 11.8 Å². The van der Waals surface area contributed by atoms with Gasteiger partial charge in [-0.15, -0.1) is 0 Å². The van der Waals surface area contributed by atoms with Crippen LogP contribution in [0.2, 0.25) is 0 Å². The number of halogens is 2. The summed E-state index contributed by atoms with van der Waals surface area (Å²) in [5.74, 6) is -0.430. The molecule has 5 heteroatoms. The van der Waals surface area contributed by atoms with Gasteiger partial charge < -0.3 is 10.5 Å². The predicted molar refractivity (Wildman–Crippen MR) is 97.3 cm³/mol. The van der Waals surface area contributed by atoms with Gasteiger partial charge in [-0.3, -0.25) is 0 Å². The number of nitrogens with two attached hydrogens (primary N) is 1. The summed E-state index contributed by atoms with van der Waals surface area (Å²) in [5.41, 5.74) is 7.33. The Morgan fingerprint density at radius 2 is 1.88 bits per heavy atom. The molecule has 2 N–H and O–H groups in total. The van der Waals surface area contributed by atoms with Crippen molar-refractivity contribution in [2.45, 2.75) is 5.92 Å². The molecule has 3 aromatic carbocycles. The van der Waals surface area contributed by atoms with E-state index in [2.05, 4.69) is 22.0 Å². The number of hydrogen-bond acceptors (Lipinski definition) is 3. The molecule has 0 saturated heterocycles. The number of rotatable bonds is 1. The topological polar surface area (TPSA) is 59.0 Å². The van der Waals surface area contributed by atoms with Crippen molar-refractivity contribution in [1.29, 1.82) is 5.26 Å². The third-order valence-electron chi connectivity index (χ3n) is 4.38. The summed E-state index contributed by atoms with van der Waals surface area (Å²) in [6.07, 6.45) is 0. The maximum Gasteiger partial charge on any atom is 0.205 e. The summed E-state index contributed by atoms with van der Waals surface area (Å²) in [6.45, 7) is 0. The first-order valence-electron chi connectivity index (χ1n) is 7.64. The summed E-state index contributed by atoms with van der Waals surface area (Å²) < 4.78 is 21.1. The van der Waals surface area contributed by atoms with Gasteiger partial charge in [0.2, 0.25) is 5.88 Å². The number of hydrogen-bond donors (Lipinski definition) is 1. The molecule has 1 aliphatic rings. The highest BCUT2D eigenvalue weighted by molar-refractivity contribution is 9.10. The van der Waals surface area contributed by atoms with Gasteiger partial charge >= 0.3 is 0 Å². The molecule has 1 atom stereocenters. The van der Waals surface area contributed by atoms with E-state index in [1.54, 1.807) is 12.1 Å². The van der Waals surface area contributed by atoms with E-state index in [9.17, 15) is 9.65 Å². The molecule has 0 aliphatic carbocycles. The van der Waals surface area contributed by atoms with Crippen LogP contribution < -0.4 is 10.5 Å². The highest BCUT2D eigenvalue weighted by Crippen LogP contribution is 2.46. The highest BCUT2D eigenvalue weighted by Gasteiger charge is 2.33. The Kier molecular flexibility index (Phi) is 3.70. The van der Waals surface area contributed by atoms with E-state index >= 15 is 0 Å². The zero-order valence-electron chi connectivity index (χ0n) is 13.0. The number of nitriles is 1. The first-order valence-corrected chi connectivity index (χ1v) is 8.43. The molecule has 0 radical (unpaired) electrons. The van der Waals surface area contributed by atoms with E-state index in [1.165, 1.54) is 6.07 Å². The van der Waals surface area contributed by atoms with E-state index in [1.807, 2.05) is 36.4 Å². The fraction of sp³-hybridized carbons (Fsp3) is 0.0500. The van der Waals surface area contributed by atoms with Gasteiger partial charge in [0.1, 0.15) is 23.2 Å². The minimum Gasteiger partial charge on any atom is -0.440 e. The lowest BCUT2D eigenvalue weighted by Gasteiger charge is -2.27. The molecule has 25 heavy (non-hydrogen) atoms. The molecule has 0 fully saturated rings. The van der Waals surface area contributed by atoms with Gasteiger partial charge in [0.05, 0.1) is 5.92 Å². The first-order chi connectivity index (χ1) is 12.1. The van der Waals surface area contributed by atoms with Gasteiger partial charge in [-0.05, 0) is 23.6 Å². The van der Waals surface area contributed by atoms with Crippen LogP contribution >= 0.6 is 15.9 Å². The van der Waals surface area contributed by atoms with Crippen LogP contribution in [0.5, 0.6) is 5.75 Å². The van der Waals surface area contributed by atoms with Crippen LogP contribution in [0.25, 0.3) is 10.8 Å². The van der Waals surface area contributed by atoms with Gasteiger partial charge in [0.15, 0.2) is 0 Å². The fourth-order valence-corrected chi connectivity index (χ4v) is 3.62. The summed E-state index contributed by atoms with van der Waals surface area (Å²) in [7, 11) is 0. The van der Waals surface area contributed by atoms with E-state index in [4.69, 9.17) is 10.5 Å². The number of allylic oxidation sites excluding steroid dienone is 1. The van der Waals surface area contributed by atoms with E-state index < -0.39 is 11.7 Å². The number of ether oxygens (including phenoxy) is 1. The molecule has 1 unspecified atom stereocenters. The standard InChI is InChI=1S/C20H12BrFN2O/c21-12-6-8-17(22)15(9-12)18-14-7-5-11-3-1-2-4-13(11)19(14)25-20(24)16(18)10-23/h1-9,18H,24H2. The predicted octanol–water partition coefficient (Wildman–Crippen LogP) is 4.96. The zero-order valence-corrected chi connectivity index (χ0v) is 14.5. The first kappa shape index (κ1) is 15.7. The molecule has 0 bridgehead atoms. The maximum absolute atomic E-state index is 14.6. The summed E-state index contributed by atoms with van der Waals surface area (Å²) in [5, 5.41) is 11.5. The van der Waals surface area contributed by atoms with E-state index in [-0.39, 0.29) is 11.5 Å². The molecule has 0 spiro atoms. The van der Waals surface area contributed by atoms with Crippen LogP contribution in [0.15, 0.2) is 70.5 Å². The summed E-state index contributed by atoms with van der Waals surface area (Å²) in [4.78, 5) is 0. The molecule has 0 amide bonds. The monoisotopic (exact) mass is 394 g/mol. The lowest BCUT2D eigenvalue weighted by molar-refractivity contribution is 0.397. The van der Waals surface area contributed by atoms with E-state index in [0.29, 0.717) is 11.3 Å². The van der Waals surface area contributed by atoms with Crippen molar-refractivity contribution in [1.82, 2.24) is 0 Å². The number of fused-ring (bicyclic) bond motifs is 3. The molecular weight excluding hydrogens is 383 g/mol. The molecule has 1 heterocycles. The highest BCUT2D eigenvalue weighted by atomic mass is 79.9. The maximum atomic E-state index is 14.6. The van der Waals surface area contributed by atoms with Gasteiger partial charge in [0, 0.05) is 21.0 Å². The molecule has 122 valence electrons. The third kappa shape index (κ3) is 2.46. The zero-order chi connectivity index (χ0) is 17.6. The Morgan fingerprint density at radius 3 is 2.68 bits per heavy atom. The van der Waals surface area contributed by atoms with Gasteiger partial charge in [0.25, 0.3) is 0 Å². The summed E-state index contributed by atoms with van der Waals surface area (Å²) >= 11 is 3.37. The Balaban J connectivity index is 2.05. The van der Waals surface area contributed by atoms with Crippen molar-refractivity contribution in [2.24, 2.45) is 5.73 Å². The smallest absolute Gasteiger partial charge is 0.205 e. The Labute approximate surface area is 152 Å². The second-order valence-corrected chi connectivity index (χ2v) is 6.71. The summed E-state index contributed by atoms with van der Waals surface area (Å²) in [6, 6.07) is 18.3. The molecule has 4 rings (SSSR count). The second kappa shape index (κ2) is 5.91. The molecule has 1 aliphatic heterocycles. The van der Waals surface area contributed by atoms with Crippen molar-refractivity contribution in [2.75, 3.05) is 0 Å². The van der Waals surface area contributed by atoms with Gasteiger partial charge in [-0.25, -0.2) is 4.39 Å². The third-order valence-corrected chi connectivity index (χ3v) is 4.87. The van der Waals surface area contributed by atoms with Gasteiger partial charge in [-0.2, -0.15) is 5.26 Å². The molecular formula is C20H12BrFN2O. The van der Waals surface area contributed by atoms with Gasteiger partial charge in [-0.1, -0.05) is 52.3 Å². The van der Waals surface area contributed by atoms with Crippen LogP contribution in [-0.4, -0.2) is 0 Å². The lowest BCUT2D eigenvalue weighted by Crippen LogP contribution is -2.21. The van der Waals surface area contributed by atoms with Crippen LogP contribution in [0.4, 0.5) is 4.39 Å². The van der Waals surface area contributed by atoms with Crippen molar-refractivity contribution in [3.05, 3.63) is 87.5 Å². The average molecular weight is 395 g/mol. The van der Waals surface area contributed by atoms with Crippen LogP contribution in [0.1, 0.15) is 17.0 Å². The van der Waals surface area contributed by atoms with Crippen LogP contribution in [-0.2, 0) is 0 Å². The number of nitrogens with zero attached hydrogens (tertiary/aromatic N) is 1. The largest absolute Gasteiger partial charge is 0.440 e. The molecule has 3 nitrogen and oxygen atoms in total. The van der Waals surface area contributed by atoms with Crippen molar-refractivity contribution >= 4 is 26.7 Å². The Hall–Kier alpha value is -2.84. The lowest BCUT2D eigenvalue weighted by atomic mass is 9.82. The second-order valence-electron chi connectivity index (χ2n) is 5.80. The fourth-order valence-electron chi connectivity index (χ4n) is 3.24. The van der Waals surface area contributed by atoms with Crippen molar-refractivity contribution in [3.63, 3.8) is 0 Å².